The van der Waals surface area contributed by atoms with Gasteiger partial charge < -0.3 is 14.0 Å². The number of aromatic nitrogens is 2. The van der Waals surface area contributed by atoms with Crippen LogP contribution in [0.15, 0.2) is 237 Å². The molecule has 0 spiro atoms. The second-order valence-corrected chi connectivity index (χ2v) is 18.1. The quantitative estimate of drug-likeness (QED) is 0.156. The average Bonchev–Trinajstić information content (AvgIpc) is 3.97. The summed E-state index contributed by atoms with van der Waals surface area (Å²) in [6, 6.07) is 86.8. The minimum atomic E-state index is -0.218. The summed E-state index contributed by atoms with van der Waals surface area (Å²) in [6.07, 6.45) is 0. The third-order valence-electron chi connectivity index (χ3n) is 14.1. The van der Waals surface area contributed by atoms with E-state index in [-0.39, 0.29) is 5.41 Å². The molecule has 0 bridgehead atoms. The van der Waals surface area contributed by atoms with E-state index in [1.54, 1.807) is 0 Å². The van der Waals surface area contributed by atoms with Crippen molar-refractivity contribution >= 4 is 60.7 Å². The minimum Gasteiger partial charge on any atom is -0.310 e. The highest BCUT2D eigenvalue weighted by Crippen LogP contribution is 2.54. The molecule has 1 aliphatic carbocycles. The molecule has 0 radical (unpaired) electrons. The van der Waals surface area contributed by atoms with Crippen LogP contribution in [0.5, 0.6) is 0 Å². The van der Waals surface area contributed by atoms with Crippen molar-refractivity contribution in [1.29, 1.82) is 0 Å². The highest BCUT2D eigenvalue weighted by molar-refractivity contribution is 6.11. The molecule has 66 heavy (non-hydrogen) atoms. The molecule has 0 N–H and O–H groups in total. The predicted molar refractivity (Wildman–Crippen MR) is 278 cm³/mol. The first-order chi connectivity index (χ1) is 32.5. The Morgan fingerprint density at radius 1 is 0.318 bits per heavy atom. The van der Waals surface area contributed by atoms with Gasteiger partial charge in [0.25, 0.3) is 0 Å². The van der Waals surface area contributed by atoms with Crippen molar-refractivity contribution in [2.45, 2.75) is 19.3 Å². The summed E-state index contributed by atoms with van der Waals surface area (Å²) in [4.78, 5) is 2.42. The van der Waals surface area contributed by atoms with E-state index in [0.29, 0.717) is 0 Å². The lowest BCUT2D eigenvalue weighted by Gasteiger charge is -2.28. The van der Waals surface area contributed by atoms with Crippen LogP contribution in [0.25, 0.3) is 88.4 Å². The summed E-state index contributed by atoms with van der Waals surface area (Å²) in [5, 5.41) is 5.02. The Balaban J connectivity index is 0.920. The van der Waals surface area contributed by atoms with E-state index in [9.17, 15) is 0 Å². The second-order valence-electron chi connectivity index (χ2n) is 18.1. The van der Waals surface area contributed by atoms with Crippen LogP contribution in [0.3, 0.4) is 0 Å². The number of hydrogen-bond acceptors (Lipinski definition) is 1. The lowest BCUT2D eigenvalue weighted by molar-refractivity contribution is 0.660. The maximum absolute atomic E-state index is 2.44. The summed E-state index contributed by atoms with van der Waals surface area (Å²) in [5.74, 6) is 0. The van der Waals surface area contributed by atoms with E-state index in [1.165, 1.54) is 88.1 Å². The summed E-state index contributed by atoms with van der Waals surface area (Å²) < 4.78 is 4.81. The zero-order valence-corrected chi connectivity index (χ0v) is 36.9. The van der Waals surface area contributed by atoms with Gasteiger partial charge in [-0.3, -0.25) is 0 Å². The van der Waals surface area contributed by atoms with Crippen LogP contribution in [0.1, 0.15) is 25.0 Å². The standard InChI is InChI=1S/C63H45N3/c1-63(2)56-24-15-23-50(44-30-34-46(35-31-44)65-58-25-12-9-20-51(58)52-21-10-13-26-59(52)65)62(56)55-39-37-48(40-57(55)63)64(45-18-7-4-8-19-45)49-36-38-54-53-22-11-14-27-60(53)66(61(54)41-49)47-32-28-43(29-33-47)42-16-5-3-6-17-42/h3-41H,1-2H3. The molecule has 2 heterocycles. The third kappa shape index (κ3) is 5.83. The first-order valence-corrected chi connectivity index (χ1v) is 22.9. The smallest absolute Gasteiger partial charge is 0.0561 e. The maximum atomic E-state index is 2.44. The first-order valence-electron chi connectivity index (χ1n) is 22.9. The summed E-state index contributed by atoms with van der Waals surface area (Å²) >= 11 is 0. The Morgan fingerprint density at radius 2 is 0.803 bits per heavy atom. The van der Waals surface area contributed by atoms with Gasteiger partial charge in [-0.25, -0.2) is 0 Å². The minimum absolute atomic E-state index is 0.218. The fraction of sp³-hybridized carbons (Fsp3) is 0.0476. The van der Waals surface area contributed by atoms with Crippen molar-refractivity contribution in [3.8, 4) is 44.8 Å². The van der Waals surface area contributed by atoms with Crippen LogP contribution >= 0.6 is 0 Å². The second kappa shape index (κ2) is 14.8. The van der Waals surface area contributed by atoms with Gasteiger partial charge in [0.2, 0.25) is 0 Å². The van der Waals surface area contributed by atoms with Gasteiger partial charge in [-0.1, -0.05) is 172 Å². The van der Waals surface area contributed by atoms with Crippen molar-refractivity contribution in [2.24, 2.45) is 0 Å². The van der Waals surface area contributed by atoms with E-state index in [0.717, 1.165) is 28.4 Å². The van der Waals surface area contributed by atoms with E-state index in [2.05, 4.69) is 264 Å². The SMILES string of the molecule is CC1(C)c2cc(N(c3ccccc3)c3ccc4c5ccccc5n(-c5ccc(-c6ccccc6)cc5)c4c3)ccc2-c2c(-c3ccc(-n4c5ccccc5c5ccccc54)cc3)cccc21. The van der Waals surface area contributed by atoms with Crippen LogP contribution in [0, 0.1) is 0 Å². The van der Waals surface area contributed by atoms with Crippen LogP contribution in [0.2, 0.25) is 0 Å². The fourth-order valence-electron chi connectivity index (χ4n) is 11.0. The molecule has 0 saturated carbocycles. The Bertz CT molecular complexity index is 3760. The molecule has 3 nitrogen and oxygen atoms in total. The monoisotopic (exact) mass is 843 g/mol. The normalized spacial score (nSPS) is 12.8. The lowest BCUT2D eigenvalue weighted by Crippen LogP contribution is -2.16. The van der Waals surface area contributed by atoms with Crippen LogP contribution < -0.4 is 4.90 Å². The maximum Gasteiger partial charge on any atom is 0.0561 e. The molecule has 0 saturated heterocycles. The van der Waals surface area contributed by atoms with Gasteiger partial charge >= 0.3 is 0 Å². The topological polar surface area (TPSA) is 13.1 Å². The number of rotatable bonds is 7. The summed E-state index contributed by atoms with van der Waals surface area (Å²) in [5.41, 5.74) is 20.4. The van der Waals surface area contributed by atoms with Crippen LogP contribution in [0.4, 0.5) is 17.1 Å². The zero-order valence-electron chi connectivity index (χ0n) is 36.9. The van der Waals surface area contributed by atoms with Crippen molar-refractivity contribution in [3.63, 3.8) is 0 Å². The number of anilines is 3. The van der Waals surface area contributed by atoms with Gasteiger partial charge in [-0.15, -0.1) is 0 Å². The molecule has 312 valence electrons. The Hall–Kier alpha value is -8.40. The van der Waals surface area contributed by atoms with E-state index in [4.69, 9.17) is 0 Å². The third-order valence-corrected chi connectivity index (χ3v) is 14.1. The molecule has 13 rings (SSSR count). The van der Waals surface area contributed by atoms with Crippen molar-refractivity contribution in [3.05, 3.63) is 248 Å². The highest BCUT2D eigenvalue weighted by atomic mass is 15.1. The van der Waals surface area contributed by atoms with E-state index < -0.39 is 0 Å². The van der Waals surface area contributed by atoms with Gasteiger partial charge in [-0.05, 0) is 123 Å². The number of fused-ring (bicyclic) bond motifs is 9. The Kier molecular flexibility index (Phi) is 8.56. The molecule has 1 aliphatic rings. The number of para-hydroxylation sites is 4. The van der Waals surface area contributed by atoms with Crippen molar-refractivity contribution in [1.82, 2.24) is 9.13 Å². The van der Waals surface area contributed by atoms with Crippen molar-refractivity contribution < 1.29 is 0 Å². The van der Waals surface area contributed by atoms with Crippen LogP contribution in [-0.4, -0.2) is 9.13 Å². The zero-order chi connectivity index (χ0) is 43.9. The number of nitrogens with zero attached hydrogens (tertiary/aromatic N) is 3. The van der Waals surface area contributed by atoms with E-state index in [1.807, 2.05) is 0 Å². The highest BCUT2D eigenvalue weighted by Gasteiger charge is 2.37. The van der Waals surface area contributed by atoms with Crippen LogP contribution in [-0.2, 0) is 5.41 Å². The molecule has 0 unspecified atom stereocenters. The van der Waals surface area contributed by atoms with Gasteiger partial charge in [0.1, 0.15) is 0 Å². The van der Waals surface area contributed by atoms with E-state index >= 15 is 0 Å². The molecule has 0 amide bonds. The van der Waals surface area contributed by atoms with Gasteiger partial charge in [0.15, 0.2) is 0 Å². The average molecular weight is 844 g/mol. The molecule has 10 aromatic carbocycles. The van der Waals surface area contributed by atoms with Gasteiger partial charge in [0, 0.05) is 55.4 Å². The Morgan fingerprint density at radius 3 is 1.42 bits per heavy atom. The molecular formula is C63H45N3. The number of benzene rings is 10. The summed E-state index contributed by atoms with van der Waals surface area (Å²) in [7, 11) is 0. The van der Waals surface area contributed by atoms with Gasteiger partial charge in [-0.2, -0.15) is 0 Å². The van der Waals surface area contributed by atoms with Gasteiger partial charge in [0.05, 0.1) is 22.1 Å². The Labute approximate surface area is 384 Å². The molecule has 0 fully saturated rings. The van der Waals surface area contributed by atoms with Crippen molar-refractivity contribution in [2.75, 3.05) is 4.90 Å². The predicted octanol–water partition coefficient (Wildman–Crippen LogP) is 17.0. The molecule has 0 atom stereocenters. The first kappa shape index (κ1) is 38.1. The molecular weight excluding hydrogens is 799 g/mol. The molecule has 0 aliphatic heterocycles. The largest absolute Gasteiger partial charge is 0.310 e. The molecule has 3 heteroatoms. The lowest BCUT2D eigenvalue weighted by atomic mass is 9.81. The summed E-state index contributed by atoms with van der Waals surface area (Å²) in [6.45, 7) is 4.77. The number of hydrogen-bond donors (Lipinski definition) is 0. The molecule has 12 aromatic rings. The fourth-order valence-corrected chi connectivity index (χ4v) is 11.0. The molecule has 2 aromatic heterocycles.